The Bertz CT molecular complexity index is 576. The first-order chi connectivity index (χ1) is 9.53. The molecule has 0 amide bonds. The van der Waals surface area contributed by atoms with E-state index in [2.05, 4.69) is 9.72 Å². The minimum absolute atomic E-state index is 0.361. The highest BCUT2D eigenvalue weighted by atomic mass is 16.5. The Hall–Kier alpha value is -2.36. The molecule has 0 bridgehead atoms. The van der Waals surface area contributed by atoms with Gasteiger partial charge in [-0.3, -0.25) is 4.98 Å². The molecule has 1 aromatic heterocycles. The van der Waals surface area contributed by atoms with Gasteiger partial charge in [0.2, 0.25) is 0 Å². The average molecular weight is 271 g/mol. The molecule has 0 saturated carbocycles. The summed E-state index contributed by atoms with van der Waals surface area (Å²) >= 11 is 0. The molecule has 0 aliphatic carbocycles. The number of carbonyl (C=O) groups excluding carboxylic acids is 1. The van der Waals surface area contributed by atoms with Gasteiger partial charge in [-0.25, -0.2) is 4.79 Å². The van der Waals surface area contributed by atoms with Crippen LogP contribution in [0.25, 0.3) is 0 Å². The lowest BCUT2D eigenvalue weighted by molar-refractivity contribution is 0.0600. The second kappa shape index (κ2) is 5.74. The van der Waals surface area contributed by atoms with Gasteiger partial charge in [0, 0.05) is 6.20 Å². The number of aromatic nitrogens is 1. The minimum Gasteiger partial charge on any atom is -0.482 e. The molecule has 1 aromatic carbocycles. The molecule has 1 heterocycles. The van der Waals surface area contributed by atoms with Gasteiger partial charge in [0.25, 0.3) is 0 Å². The summed E-state index contributed by atoms with van der Waals surface area (Å²) in [6.45, 7) is 3.90. The fraction of sp³-hybridized carbons (Fsp3) is 0.250. The average Bonchev–Trinajstić information content (AvgIpc) is 2.48. The van der Waals surface area contributed by atoms with E-state index < -0.39 is 5.60 Å². The van der Waals surface area contributed by atoms with E-state index >= 15 is 0 Å². The third-order valence-electron chi connectivity index (χ3n) is 2.93. The van der Waals surface area contributed by atoms with E-state index in [4.69, 9.17) is 4.74 Å². The summed E-state index contributed by atoms with van der Waals surface area (Å²) in [5.74, 6) is 0.314. The van der Waals surface area contributed by atoms with E-state index in [1.807, 2.05) is 32.0 Å². The molecular formula is C16H17NO3. The lowest BCUT2D eigenvalue weighted by Gasteiger charge is -2.25. The smallest absolute Gasteiger partial charge is 0.337 e. The number of esters is 1. The predicted octanol–water partition coefficient (Wildman–Crippen LogP) is 3.18. The standard InChI is InChI=1S/C16H17NO3/c1-16(2,14-6-4-5-11-17-14)20-13-9-7-12(8-10-13)15(18)19-3/h4-11H,1-3H3. The number of methoxy groups -OCH3 is 1. The Balaban J connectivity index is 2.15. The van der Waals surface area contributed by atoms with Crippen LogP contribution in [0.2, 0.25) is 0 Å². The normalized spacial score (nSPS) is 10.9. The molecule has 0 fully saturated rings. The van der Waals surface area contributed by atoms with Gasteiger partial charge in [-0.05, 0) is 50.2 Å². The molecule has 20 heavy (non-hydrogen) atoms. The van der Waals surface area contributed by atoms with E-state index in [9.17, 15) is 4.79 Å². The van der Waals surface area contributed by atoms with Gasteiger partial charge in [0.05, 0.1) is 18.4 Å². The fourth-order valence-corrected chi connectivity index (χ4v) is 1.84. The minimum atomic E-state index is -0.548. The predicted molar refractivity (Wildman–Crippen MR) is 75.7 cm³/mol. The van der Waals surface area contributed by atoms with Gasteiger partial charge in [-0.15, -0.1) is 0 Å². The molecule has 104 valence electrons. The van der Waals surface area contributed by atoms with Gasteiger partial charge in [0.1, 0.15) is 11.4 Å². The largest absolute Gasteiger partial charge is 0.482 e. The topological polar surface area (TPSA) is 48.4 Å². The first-order valence-corrected chi connectivity index (χ1v) is 6.32. The molecule has 0 N–H and O–H groups in total. The molecule has 0 radical (unpaired) electrons. The van der Waals surface area contributed by atoms with Crippen molar-refractivity contribution in [3.05, 3.63) is 59.9 Å². The molecule has 0 aliphatic rings. The van der Waals surface area contributed by atoms with E-state index in [-0.39, 0.29) is 5.97 Å². The van der Waals surface area contributed by atoms with Crippen molar-refractivity contribution in [1.29, 1.82) is 0 Å². The Morgan fingerprint density at radius 2 is 1.80 bits per heavy atom. The van der Waals surface area contributed by atoms with Crippen molar-refractivity contribution in [2.24, 2.45) is 0 Å². The van der Waals surface area contributed by atoms with Crippen LogP contribution in [0, 0.1) is 0 Å². The lowest BCUT2D eigenvalue weighted by atomic mass is 10.0. The number of benzene rings is 1. The third-order valence-corrected chi connectivity index (χ3v) is 2.93. The molecule has 0 unspecified atom stereocenters. The van der Waals surface area contributed by atoms with Crippen LogP contribution in [0.3, 0.4) is 0 Å². The highest BCUT2D eigenvalue weighted by Gasteiger charge is 2.24. The summed E-state index contributed by atoms with van der Waals surface area (Å²) in [5, 5.41) is 0. The van der Waals surface area contributed by atoms with Crippen LogP contribution >= 0.6 is 0 Å². The zero-order valence-electron chi connectivity index (χ0n) is 11.8. The Labute approximate surface area is 118 Å². The van der Waals surface area contributed by atoms with E-state index in [1.54, 1.807) is 30.5 Å². The van der Waals surface area contributed by atoms with Gasteiger partial charge in [-0.1, -0.05) is 6.07 Å². The van der Waals surface area contributed by atoms with Crippen LogP contribution in [0.1, 0.15) is 29.9 Å². The molecule has 2 aromatic rings. The van der Waals surface area contributed by atoms with E-state index in [0.29, 0.717) is 11.3 Å². The first kappa shape index (κ1) is 14.1. The van der Waals surface area contributed by atoms with E-state index in [1.165, 1.54) is 7.11 Å². The highest BCUT2D eigenvalue weighted by molar-refractivity contribution is 5.89. The summed E-state index contributed by atoms with van der Waals surface area (Å²) in [6.07, 6.45) is 1.74. The molecule has 0 spiro atoms. The van der Waals surface area contributed by atoms with Crippen molar-refractivity contribution in [2.45, 2.75) is 19.4 Å². The second-order valence-corrected chi connectivity index (χ2v) is 4.84. The van der Waals surface area contributed by atoms with Crippen molar-refractivity contribution in [2.75, 3.05) is 7.11 Å². The first-order valence-electron chi connectivity index (χ1n) is 6.32. The summed E-state index contributed by atoms with van der Waals surface area (Å²) in [7, 11) is 1.36. The Morgan fingerprint density at radius 1 is 1.10 bits per heavy atom. The molecular weight excluding hydrogens is 254 g/mol. The Kier molecular flexibility index (Phi) is 4.03. The molecule has 4 nitrogen and oxygen atoms in total. The number of hydrogen-bond donors (Lipinski definition) is 0. The number of hydrogen-bond acceptors (Lipinski definition) is 4. The van der Waals surface area contributed by atoms with Gasteiger partial charge >= 0.3 is 5.97 Å². The summed E-state index contributed by atoms with van der Waals surface area (Å²) in [5.41, 5.74) is 0.793. The molecule has 0 saturated heterocycles. The molecule has 2 rings (SSSR count). The maximum atomic E-state index is 11.4. The van der Waals surface area contributed by atoms with Crippen molar-refractivity contribution >= 4 is 5.97 Å². The second-order valence-electron chi connectivity index (χ2n) is 4.84. The summed E-state index contributed by atoms with van der Waals surface area (Å²) < 4.78 is 10.6. The zero-order valence-corrected chi connectivity index (χ0v) is 11.8. The number of pyridine rings is 1. The zero-order chi connectivity index (χ0) is 14.6. The quantitative estimate of drug-likeness (QED) is 0.801. The van der Waals surface area contributed by atoms with Crippen LogP contribution in [-0.4, -0.2) is 18.1 Å². The van der Waals surface area contributed by atoms with Crippen molar-refractivity contribution in [3.63, 3.8) is 0 Å². The van der Waals surface area contributed by atoms with Crippen LogP contribution in [0.5, 0.6) is 5.75 Å². The van der Waals surface area contributed by atoms with Crippen molar-refractivity contribution in [1.82, 2.24) is 4.98 Å². The molecule has 0 aliphatic heterocycles. The van der Waals surface area contributed by atoms with Crippen molar-refractivity contribution in [3.8, 4) is 5.75 Å². The van der Waals surface area contributed by atoms with E-state index in [0.717, 1.165) is 5.69 Å². The summed E-state index contributed by atoms with van der Waals surface area (Å²) in [6, 6.07) is 12.6. The maximum absolute atomic E-state index is 11.4. The lowest BCUT2D eigenvalue weighted by Crippen LogP contribution is -2.26. The van der Waals surface area contributed by atoms with Crippen LogP contribution in [0.4, 0.5) is 0 Å². The van der Waals surface area contributed by atoms with Crippen LogP contribution in [0.15, 0.2) is 48.7 Å². The molecule has 4 heteroatoms. The SMILES string of the molecule is COC(=O)c1ccc(OC(C)(C)c2ccccn2)cc1. The maximum Gasteiger partial charge on any atom is 0.337 e. The number of ether oxygens (including phenoxy) is 2. The molecule has 0 atom stereocenters. The van der Waals surface area contributed by atoms with Gasteiger partial charge in [-0.2, -0.15) is 0 Å². The number of carbonyl (C=O) groups is 1. The van der Waals surface area contributed by atoms with Crippen LogP contribution < -0.4 is 4.74 Å². The van der Waals surface area contributed by atoms with Gasteiger partial charge < -0.3 is 9.47 Å². The van der Waals surface area contributed by atoms with Crippen LogP contribution in [-0.2, 0) is 10.3 Å². The van der Waals surface area contributed by atoms with Crippen molar-refractivity contribution < 1.29 is 14.3 Å². The fourth-order valence-electron chi connectivity index (χ4n) is 1.84. The summed E-state index contributed by atoms with van der Waals surface area (Å²) in [4.78, 5) is 15.7. The highest BCUT2D eigenvalue weighted by Crippen LogP contribution is 2.26. The number of nitrogens with zero attached hydrogens (tertiary/aromatic N) is 1. The monoisotopic (exact) mass is 271 g/mol. The Morgan fingerprint density at radius 3 is 2.35 bits per heavy atom. The van der Waals surface area contributed by atoms with Gasteiger partial charge in [0.15, 0.2) is 0 Å². The number of rotatable bonds is 4. The third kappa shape index (κ3) is 3.15.